The van der Waals surface area contributed by atoms with Gasteiger partial charge in [0.05, 0.1) is 103 Å². The van der Waals surface area contributed by atoms with Gasteiger partial charge in [-0.05, 0) is 153 Å². The molecule has 4 aromatic heterocycles. The lowest BCUT2D eigenvalue weighted by Crippen LogP contribution is -2.09. The molecule has 0 aliphatic rings. The zero-order valence-electron chi connectivity index (χ0n) is 51.8. The van der Waals surface area contributed by atoms with Crippen LogP contribution in [0, 0.1) is 63.5 Å². The van der Waals surface area contributed by atoms with Crippen LogP contribution in [0.4, 0.5) is 37.7 Å². The molecule has 12 aromatic carbocycles. The van der Waals surface area contributed by atoms with E-state index in [4.69, 9.17) is 13.1 Å². The Kier molecular flexibility index (Phi) is 14.0. The summed E-state index contributed by atoms with van der Waals surface area (Å²) in [7, 11) is 0. The Morgan fingerprint density at radius 3 is 1.02 bits per heavy atom. The number of hydrogen-bond acceptors (Lipinski definition) is 2. The van der Waals surface area contributed by atoms with Crippen LogP contribution in [0.3, 0.4) is 0 Å². The summed E-state index contributed by atoms with van der Waals surface area (Å²) in [6.07, 6.45) is -9.36. The normalized spacial score (nSPS) is 11.8. The van der Waals surface area contributed by atoms with Crippen LogP contribution in [0.2, 0.25) is 0 Å². The highest BCUT2D eigenvalue weighted by Gasteiger charge is 2.36. The average molecular weight is 1260 g/mol. The maximum atomic E-state index is 14.9. The fourth-order valence-electron chi connectivity index (χ4n) is 14.4. The van der Waals surface area contributed by atoms with Crippen molar-refractivity contribution >= 4 is 98.6 Å². The molecule has 0 aliphatic carbocycles. The number of alkyl halides is 6. The second-order valence-electron chi connectivity index (χ2n) is 24.0. The van der Waals surface area contributed by atoms with Crippen LogP contribution in [-0.4, -0.2) is 18.3 Å². The molecule has 8 nitrogen and oxygen atoms in total. The van der Waals surface area contributed by atoms with E-state index in [1.165, 1.54) is 18.2 Å². The Morgan fingerprint density at radius 1 is 0.333 bits per heavy atom. The van der Waals surface area contributed by atoms with Crippen LogP contribution in [0.5, 0.6) is 0 Å². The maximum Gasteiger partial charge on any atom is 0.417 e. The standard InChI is InChI=1S/2C41H25F3N4/c1-24-10-8-16-35-39(24)29-12-4-6-14-33(29)47(35)37-22-32(46-3)38(21-31(37)28-19-18-27(41(42,43)44)20-26(28)23-45)48-34-15-7-5-13-30(34)40-25(2)11-9-17-36(40)48;1-24-10-8-16-35-39(24)28-12-4-6-14-33(28)47(35)37-22-32(46-3)38(21-30(37)27-19-18-26(23-45)20-31(27)41(42,43)44)48-34-15-7-5-13-29(34)40-25(2)11-9-17-36(40)48/h2*4-22H,1-2H3. The Bertz CT molecular complexity index is 6180. The van der Waals surface area contributed by atoms with E-state index in [1.54, 1.807) is 18.2 Å². The second-order valence-corrected chi connectivity index (χ2v) is 24.0. The van der Waals surface area contributed by atoms with Crippen molar-refractivity contribution in [1.29, 1.82) is 10.5 Å². The predicted molar refractivity (Wildman–Crippen MR) is 372 cm³/mol. The third-order valence-electron chi connectivity index (χ3n) is 18.5. The van der Waals surface area contributed by atoms with E-state index >= 15 is 0 Å². The van der Waals surface area contributed by atoms with Gasteiger partial charge >= 0.3 is 12.4 Å². The van der Waals surface area contributed by atoms with Crippen molar-refractivity contribution in [3.8, 4) is 57.1 Å². The molecule has 4 heterocycles. The SMILES string of the molecule is [C-]#[N+]c1cc(-n2c3ccccc3c3c(C)cccc32)c(-c2ccc(C#N)cc2C(F)(F)F)cc1-n1c2ccccc2c2c(C)cccc21.[C-]#[N+]c1cc(-n2c3ccccc3c3c(C)cccc32)c(-c2ccc(C(F)(F)F)cc2C#N)cc1-n1c2ccccc2c2c(C)cccc21. The van der Waals surface area contributed by atoms with E-state index in [1.807, 2.05) is 210 Å². The number of halogens is 6. The van der Waals surface area contributed by atoms with Crippen molar-refractivity contribution < 1.29 is 26.3 Å². The van der Waals surface area contributed by atoms with Crippen molar-refractivity contribution in [1.82, 2.24) is 18.3 Å². The Morgan fingerprint density at radius 2 is 0.677 bits per heavy atom. The number of nitriles is 2. The summed E-state index contributed by atoms with van der Waals surface area (Å²) in [5, 5.41) is 27.9. The van der Waals surface area contributed by atoms with Gasteiger partial charge in [0.1, 0.15) is 0 Å². The van der Waals surface area contributed by atoms with Gasteiger partial charge in [0.25, 0.3) is 0 Å². The average Bonchev–Trinajstić information content (AvgIpc) is 1.53. The fraction of sp³-hybridized carbons (Fsp3) is 0.0732. The fourth-order valence-corrected chi connectivity index (χ4v) is 14.4. The van der Waals surface area contributed by atoms with Crippen molar-refractivity contribution in [3.63, 3.8) is 0 Å². The number of para-hydroxylation sites is 4. The van der Waals surface area contributed by atoms with E-state index in [2.05, 4.69) is 33.3 Å². The van der Waals surface area contributed by atoms with Gasteiger partial charge in [0, 0.05) is 71.2 Å². The quantitative estimate of drug-likeness (QED) is 0.123. The Labute approximate surface area is 546 Å². The van der Waals surface area contributed by atoms with Gasteiger partial charge in [-0.2, -0.15) is 36.9 Å². The molecule has 0 spiro atoms. The van der Waals surface area contributed by atoms with Gasteiger partial charge < -0.3 is 18.3 Å². The van der Waals surface area contributed by atoms with E-state index in [9.17, 15) is 36.9 Å². The third-order valence-corrected chi connectivity index (χ3v) is 18.5. The number of hydrogen-bond donors (Lipinski definition) is 0. The van der Waals surface area contributed by atoms with Gasteiger partial charge in [-0.1, -0.05) is 133 Å². The molecule has 14 heteroatoms. The number of fused-ring (bicyclic) bond motifs is 12. The number of aryl methyl sites for hydroxylation is 4. The summed E-state index contributed by atoms with van der Waals surface area (Å²) < 4.78 is 94.3. The van der Waals surface area contributed by atoms with E-state index in [-0.39, 0.29) is 22.3 Å². The summed E-state index contributed by atoms with van der Waals surface area (Å²) in [5.74, 6) is 0. The lowest BCUT2D eigenvalue weighted by Gasteiger charge is -2.21. The Balaban J connectivity index is 0.000000158. The molecule has 16 aromatic rings. The lowest BCUT2D eigenvalue weighted by molar-refractivity contribution is -0.138. The zero-order chi connectivity index (χ0) is 66.6. The minimum atomic E-state index is -4.75. The smallest absolute Gasteiger partial charge is 0.319 e. The summed E-state index contributed by atoms with van der Waals surface area (Å²) >= 11 is 0. The highest BCUT2D eigenvalue weighted by Crippen LogP contribution is 2.49. The van der Waals surface area contributed by atoms with Gasteiger partial charge in [-0.25, -0.2) is 9.69 Å². The van der Waals surface area contributed by atoms with Gasteiger partial charge in [-0.15, -0.1) is 0 Å². The summed E-state index contributed by atoms with van der Waals surface area (Å²) in [4.78, 5) is 8.03. The van der Waals surface area contributed by atoms with Crippen molar-refractivity contribution in [2.45, 2.75) is 40.0 Å². The molecule has 0 saturated carbocycles. The van der Waals surface area contributed by atoms with E-state index in [0.717, 1.165) is 128 Å². The molecule has 0 aliphatic heterocycles. The zero-order valence-corrected chi connectivity index (χ0v) is 51.8. The predicted octanol–water partition coefficient (Wildman–Crippen LogP) is 23.2. The van der Waals surface area contributed by atoms with Crippen molar-refractivity contribution in [2.24, 2.45) is 0 Å². The van der Waals surface area contributed by atoms with Crippen molar-refractivity contribution in [2.75, 3.05) is 0 Å². The van der Waals surface area contributed by atoms with Gasteiger partial charge in [-0.3, -0.25) is 0 Å². The molecule has 0 atom stereocenters. The first-order valence-corrected chi connectivity index (χ1v) is 30.7. The van der Waals surface area contributed by atoms with E-state index in [0.29, 0.717) is 45.3 Å². The molecular weight excluding hydrogens is 1210 g/mol. The third kappa shape index (κ3) is 9.33. The van der Waals surface area contributed by atoms with Gasteiger partial charge in [0.15, 0.2) is 0 Å². The molecule has 0 bridgehead atoms. The van der Waals surface area contributed by atoms with Crippen LogP contribution >= 0.6 is 0 Å². The minimum absolute atomic E-state index is 0.0789. The summed E-state index contributed by atoms with van der Waals surface area (Å²) in [6, 6.07) is 73.5. The largest absolute Gasteiger partial charge is 0.417 e. The first-order valence-electron chi connectivity index (χ1n) is 30.7. The molecule has 96 heavy (non-hydrogen) atoms. The highest BCUT2D eigenvalue weighted by atomic mass is 19.4. The van der Waals surface area contributed by atoms with E-state index < -0.39 is 23.5 Å². The number of nitrogens with zero attached hydrogens (tertiary/aromatic N) is 8. The number of rotatable bonds is 6. The van der Waals surface area contributed by atoms with Crippen LogP contribution in [0.15, 0.2) is 231 Å². The maximum absolute atomic E-state index is 14.9. The molecular formula is C82H50F6N8. The number of benzene rings is 12. The minimum Gasteiger partial charge on any atom is -0.319 e. The van der Waals surface area contributed by atoms with Crippen LogP contribution in [0.1, 0.15) is 44.5 Å². The molecule has 0 fully saturated rings. The lowest BCUT2D eigenvalue weighted by atomic mass is 9.94. The molecule has 0 radical (unpaired) electrons. The molecule has 0 saturated heterocycles. The van der Waals surface area contributed by atoms with Crippen LogP contribution in [0.25, 0.3) is 142 Å². The summed E-state index contributed by atoms with van der Waals surface area (Å²) in [5.41, 5.74) is 12.9. The molecule has 0 amide bonds. The van der Waals surface area contributed by atoms with Gasteiger partial charge in [0.2, 0.25) is 11.4 Å². The molecule has 460 valence electrons. The van der Waals surface area contributed by atoms with Crippen LogP contribution < -0.4 is 0 Å². The van der Waals surface area contributed by atoms with Crippen LogP contribution in [-0.2, 0) is 12.4 Å². The molecule has 0 N–H and O–H groups in total. The van der Waals surface area contributed by atoms with Crippen molar-refractivity contribution in [3.05, 3.63) is 298 Å². The highest BCUT2D eigenvalue weighted by molar-refractivity contribution is 6.15. The summed E-state index contributed by atoms with van der Waals surface area (Å²) in [6.45, 7) is 24.9. The second kappa shape index (κ2) is 22.6. The molecule has 16 rings (SSSR count). The monoisotopic (exact) mass is 1260 g/mol. The first kappa shape index (κ1) is 59.7. The topological polar surface area (TPSA) is 76.0 Å². The Hall–Kier alpha value is -12.6. The first-order chi connectivity index (χ1) is 46.4. The molecule has 0 unspecified atom stereocenters. The number of aromatic nitrogens is 4.